The molecular formula is C18H33ClO2. The smallest absolute Gasteiger partial charge is 0.222 e. The summed E-state index contributed by atoms with van der Waals surface area (Å²) in [6.07, 6.45) is 16.8. The number of halogens is 1. The molecule has 0 aromatic rings. The fourth-order valence-corrected chi connectivity index (χ4v) is 2.62. The van der Waals surface area contributed by atoms with Gasteiger partial charge in [-0.15, -0.1) is 0 Å². The summed E-state index contributed by atoms with van der Waals surface area (Å²) >= 11 is 5.21. The van der Waals surface area contributed by atoms with Crippen LogP contribution in [-0.2, 0) is 9.59 Å². The van der Waals surface area contributed by atoms with E-state index in [1.807, 2.05) is 0 Å². The molecule has 21 heavy (non-hydrogen) atoms. The lowest BCUT2D eigenvalue weighted by Gasteiger charge is -2.03. The Labute approximate surface area is 136 Å². The highest BCUT2D eigenvalue weighted by molar-refractivity contribution is 6.63. The van der Waals surface area contributed by atoms with Gasteiger partial charge in [0, 0.05) is 19.3 Å². The number of ketones is 1. The van der Waals surface area contributed by atoms with Crippen LogP contribution in [0.1, 0.15) is 103 Å². The van der Waals surface area contributed by atoms with Crippen molar-refractivity contribution in [1.82, 2.24) is 0 Å². The van der Waals surface area contributed by atoms with Crippen molar-refractivity contribution in [1.29, 1.82) is 0 Å². The maximum atomic E-state index is 11.4. The zero-order chi connectivity index (χ0) is 15.8. The van der Waals surface area contributed by atoms with Crippen LogP contribution in [0.2, 0.25) is 0 Å². The summed E-state index contributed by atoms with van der Waals surface area (Å²) in [6.45, 7) is 2.25. The Bertz CT molecular complexity index is 264. The molecule has 3 heteroatoms. The van der Waals surface area contributed by atoms with E-state index in [2.05, 4.69) is 6.92 Å². The van der Waals surface area contributed by atoms with Gasteiger partial charge in [-0.25, -0.2) is 0 Å². The molecule has 0 aliphatic carbocycles. The van der Waals surface area contributed by atoms with E-state index in [-0.39, 0.29) is 12.2 Å². The lowest BCUT2D eigenvalue weighted by Crippen LogP contribution is -2.00. The Balaban J connectivity index is 3.12. The molecule has 0 radical (unpaired) electrons. The second-order valence-electron chi connectivity index (χ2n) is 6.03. The van der Waals surface area contributed by atoms with Crippen LogP contribution in [0.4, 0.5) is 0 Å². The largest absolute Gasteiger partial charge is 0.300 e. The zero-order valence-corrected chi connectivity index (χ0v) is 14.6. The fraction of sp³-hybridized carbons (Fsp3) is 0.889. The van der Waals surface area contributed by atoms with Crippen LogP contribution in [-0.4, -0.2) is 11.0 Å². The van der Waals surface area contributed by atoms with Crippen LogP contribution >= 0.6 is 11.6 Å². The van der Waals surface area contributed by atoms with Gasteiger partial charge in [0.15, 0.2) is 0 Å². The van der Waals surface area contributed by atoms with Gasteiger partial charge in [-0.2, -0.15) is 0 Å². The highest BCUT2D eigenvalue weighted by atomic mass is 35.5. The van der Waals surface area contributed by atoms with Gasteiger partial charge in [0.2, 0.25) is 5.24 Å². The molecule has 2 nitrogen and oxygen atoms in total. The molecule has 0 heterocycles. The maximum Gasteiger partial charge on any atom is 0.222 e. The summed E-state index contributed by atoms with van der Waals surface area (Å²) in [4.78, 5) is 22.0. The van der Waals surface area contributed by atoms with Crippen LogP contribution in [0.25, 0.3) is 0 Å². The number of hydrogen-bond acceptors (Lipinski definition) is 2. The number of unbranched alkanes of at least 4 members (excludes halogenated alkanes) is 11. The third-order valence-electron chi connectivity index (χ3n) is 3.91. The lowest BCUT2D eigenvalue weighted by atomic mass is 10.0. The maximum absolute atomic E-state index is 11.4. The summed E-state index contributed by atoms with van der Waals surface area (Å²) in [6, 6.07) is 0. The van der Waals surface area contributed by atoms with E-state index in [0.29, 0.717) is 12.8 Å². The van der Waals surface area contributed by atoms with E-state index in [0.717, 1.165) is 12.8 Å². The van der Waals surface area contributed by atoms with E-state index in [4.69, 9.17) is 11.6 Å². The first-order chi connectivity index (χ1) is 10.2. The Morgan fingerprint density at radius 3 is 1.48 bits per heavy atom. The average molecular weight is 317 g/mol. The fourth-order valence-electron chi connectivity index (χ4n) is 2.53. The molecule has 0 rings (SSSR count). The average Bonchev–Trinajstić information content (AvgIpc) is 2.46. The van der Waals surface area contributed by atoms with Crippen molar-refractivity contribution in [3.05, 3.63) is 0 Å². The van der Waals surface area contributed by atoms with Crippen molar-refractivity contribution in [2.45, 2.75) is 103 Å². The molecule has 0 aliphatic heterocycles. The number of Topliss-reactive ketones (excluding diaryl/α,β-unsaturated/α-hetero) is 1. The van der Waals surface area contributed by atoms with E-state index in [9.17, 15) is 9.59 Å². The Hall–Kier alpha value is -0.370. The van der Waals surface area contributed by atoms with Crippen LogP contribution in [0.15, 0.2) is 0 Å². The molecule has 0 spiro atoms. The molecule has 0 bridgehead atoms. The van der Waals surface area contributed by atoms with Crippen molar-refractivity contribution in [2.24, 2.45) is 0 Å². The molecule has 0 atom stereocenters. The van der Waals surface area contributed by atoms with E-state index in [1.54, 1.807) is 0 Å². The van der Waals surface area contributed by atoms with Gasteiger partial charge >= 0.3 is 0 Å². The van der Waals surface area contributed by atoms with E-state index < -0.39 is 5.24 Å². The zero-order valence-electron chi connectivity index (χ0n) is 13.8. The topological polar surface area (TPSA) is 34.1 Å². The van der Waals surface area contributed by atoms with Crippen molar-refractivity contribution < 1.29 is 9.59 Å². The summed E-state index contributed by atoms with van der Waals surface area (Å²) < 4.78 is 0. The highest BCUT2D eigenvalue weighted by Gasteiger charge is 2.04. The molecule has 0 saturated heterocycles. The van der Waals surface area contributed by atoms with Crippen molar-refractivity contribution in [2.75, 3.05) is 0 Å². The van der Waals surface area contributed by atoms with Gasteiger partial charge in [-0.3, -0.25) is 9.59 Å². The van der Waals surface area contributed by atoms with Gasteiger partial charge in [-0.05, 0) is 18.0 Å². The molecule has 124 valence electrons. The van der Waals surface area contributed by atoms with Crippen molar-refractivity contribution in [3.63, 3.8) is 0 Å². The first-order valence-corrected chi connectivity index (χ1v) is 9.24. The number of hydrogen-bond donors (Lipinski definition) is 0. The summed E-state index contributed by atoms with van der Waals surface area (Å²) in [5, 5.41) is -0.405. The van der Waals surface area contributed by atoms with Crippen LogP contribution in [0.5, 0.6) is 0 Å². The number of carbonyl (C=O) groups excluding carboxylic acids is 2. The third kappa shape index (κ3) is 17.6. The first kappa shape index (κ1) is 20.6. The van der Waals surface area contributed by atoms with Crippen LogP contribution in [0, 0.1) is 0 Å². The van der Waals surface area contributed by atoms with Crippen molar-refractivity contribution >= 4 is 22.6 Å². The Morgan fingerprint density at radius 2 is 1.05 bits per heavy atom. The molecular weight excluding hydrogens is 284 g/mol. The molecule has 0 fully saturated rings. The van der Waals surface area contributed by atoms with Crippen molar-refractivity contribution in [3.8, 4) is 0 Å². The minimum Gasteiger partial charge on any atom is -0.300 e. The Kier molecular flexibility index (Phi) is 15.7. The minimum atomic E-state index is -0.405. The molecule has 0 aromatic carbocycles. The summed E-state index contributed by atoms with van der Waals surface area (Å²) in [7, 11) is 0. The monoisotopic (exact) mass is 316 g/mol. The lowest BCUT2D eigenvalue weighted by molar-refractivity contribution is -0.121. The second kappa shape index (κ2) is 16.0. The number of rotatable bonds is 16. The predicted molar refractivity (Wildman–Crippen MR) is 90.8 cm³/mol. The quantitative estimate of drug-likeness (QED) is 0.251. The third-order valence-corrected chi connectivity index (χ3v) is 4.10. The van der Waals surface area contributed by atoms with Gasteiger partial charge in [0.05, 0.1) is 0 Å². The van der Waals surface area contributed by atoms with Gasteiger partial charge in [-0.1, -0.05) is 77.6 Å². The highest BCUT2D eigenvalue weighted by Crippen LogP contribution is 2.13. The van der Waals surface area contributed by atoms with Gasteiger partial charge < -0.3 is 0 Å². The Morgan fingerprint density at radius 1 is 0.619 bits per heavy atom. The number of carbonyl (C=O) groups is 2. The SMILES string of the molecule is CCCCCCCCCCCCCCC(=O)CCC(=O)Cl. The molecule has 0 amide bonds. The summed E-state index contributed by atoms with van der Waals surface area (Å²) in [5.41, 5.74) is 0. The minimum absolute atomic E-state index is 0.177. The van der Waals surface area contributed by atoms with E-state index >= 15 is 0 Å². The normalized spacial score (nSPS) is 10.8. The summed E-state index contributed by atoms with van der Waals surface area (Å²) in [5.74, 6) is 0.177. The standard InChI is InChI=1S/C18H33ClO2/c1-2-3-4-5-6-7-8-9-10-11-12-13-14-17(20)15-16-18(19)21/h2-16H2,1H3. The van der Waals surface area contributed by atoms with Gasteiger partial charge in [0.25, 0.3) is 0 Å². The first-order valence-electron chi connectivity index (χ1n) is 8.86. The molecule has 0 saturated carbocycles. The molecule has 0 unspecified atom stereocenters. The van der Waals surface area contributed by atoms with Crippen LogP contribution in [0.3, 0.4) is 0 Å². The second-order valence-corrected chi connectivity index (χ2v) is 6.45. The van der Waals surface area contributed by atoms with E-state index in [1.165, 1.54) is 64.2 Å². The molecule has 0 N–H and O–H groups in total. The molecule has 0 aliphatic rings. The predicted octanol–water partition coefficient (Wildman–Crippen LogP) is 6.19. The van der Waals surface area contributed by atoms with Gasteiger partial charge in [0.1, 0.15) is 5.78 Å². The van der Waals surface area contributed by atoms with Crippen LogP contribution < -0.4 is 0 Å². The molecule has 0 aromatic heterocycles.